The van der Waals surface area contributed by atoms with E-state index in [2.05, 4.69) is 59.8 Å². The zero-order chi connectivity index (χ0) is 41.4. The minimum atomic E-state index is -0.732. The molecule has 7 rings (SSSR count). The van der Waals surface area contributed by atoms with Crippen LogP contribution < -0.4 is 10.6 Å². The standard InChI is InChI=1S/C44H53N7O7/c1-23(2)37(48-43(54)56-7)41(52)50-21-25(5)17-34(50)39-45-31-15-13-29(19-33(31)46-39)27-9-11-28(12-10-27)30-14-16-32-36(20-30)58-40(47-32)35-18-26(6)22-51(35)42(53)38(24(3)4)49-44(55)57-8/h9-16,19-20,23-26,34-35,37-38H,17-18,21-22H2,1-8H3,(H,45,46)(H,48,54)(H,49,55)/t25-,26-,34-,35?,37-,38?/m0/s1. The molecule has 2 saturated heterocycles. The molecule has 4 heterocycles. The van der Waals surface area contributed by atoms with Gasteiger partial charge in [0.15, 0.2) is 5.58 Å². The molecule has 306 valence electrons. The molecule has 2 aliphatic rings. The Balaban J connectivity index is 1.08. The molecule has 3 aromatic carbocycles. The summed E-state index contributed by atoms with van der Waals surface area (Å²) in [7, 11) is 2.58. The van der Waals surface area contributed by atoms with Gasteiger partial charge in [-0.1, -0.05) is 77.9 Å². The Morgan fingerprint density at radius 2 is 1.17 bits per heavy atom. The second-order valence-electron chi connectivity index (χ2n) is 16.6. The third-order valence-corrected chi connectivity index (χ3v) is 11.4. The van der Waals surface area contributed by atoms with Gasteiger partial charge >= 0.3 is 12.2 Å². The summed E-state index contributed by atoms with van der Waals surface area (Å²) in [6, 6.07) is 18.3. The van der Waals surface area contributed by atoms with Crippen molar-refractivity contribution >= 4 is 46.1 Å². The highest BCUT2D eigenvalue weighted by molar-refractivity contribution is 5.88. The van der Waals surface area contributed by atoms with Gasteiger partial charge < -0.3 is 39.3 Å². The number of methoxy groups -OCH3 is 2. The van der Waals surface area contributed by atoms with Gasteiger partial charge in [0, 0.05) is 13.1 Å². The molecule has 2 fully saturated rings. The van der Waals surface area contributed by atoms with Gasteiger partial charge in [-0.15, -0.1) is 0 Å². The van der Waals surface area contributed by atoms with Crippen molar-refractivity contribution in [2.45, 2.75) is 78.6 Å². The SMILES string of the molecule is COC(=O)NC(C(=O)N1C[C@@H](C)CC1c1nc2ccc(-c3ccc(-c4ccc5nc([C@@H]6C[C@H](C)CN6C(=O)[C@@H](NC(=O)OC)C(C)C)[nH]c5c4)cc3)cc2o1)C(C)C. The Bertz CT molecular complexity index is 2150. The summed E-state index contributed by atoms with van der Waals surface area (Å²) in [5.74, 6) is 1.12. The smallest absolute Gasteiger partial charge is 0.407 e. The van der Waals surface area contributed by atoms with Gasteiger partial charge in [0.2, 0.25) is 17.7 Å². The summed E-state index contributed by atoms with van der Waals surface area (Å²) in [5.41, 5.74) is 7.06. The normalized spacial score (nSPS) is 20.5. The average molecular weight is 792 g/mol. The van der Waals surface area contributed by atoms with Gasteiger partial charge in [0.25, 0.3) is 0 Å². The number of nitrogens with zero attached hydrogens (tertiary/aromatic N) is 4. The zero-order valence-corrected chi connectivity index (χ0v) is 34.4. The van der Waals surface area contributed by atoms with Gasteiger partial charge in [-0.2, -0.15) is 0 Å². The lowest BCUT2D eigenvalue weighted by Gasteiger charge is -2.30. The lowest BCUT2D eigenvalue weighted by Crippen LogP contribution is -2.51. The topological polar surface area (TPSA) is 172 Å². The highest BCUT2D eigenvalue weighted by atomic mass is 16.5. The van der Waals surface area contributed by atoms with Crippen molar-refractivity contribution in [2.75, 3.05) is 27.3 Å². The van der Waals surface area contributed by atoms with Crippen LogP contribution in [0.3, 0.4) is 0 Å². The number of hydrogen-bond donors (Lipinski definition) is 3. The van der Waals surface area contributed by atoms with E-state index in [9.17, 15) is 19.2 Å². The Morgan fingerprint density at radius 1 is 0.690 bits per heavy atom. The molecule has 14 nitrogen and oxygen atoms in total. The van der Waals surface area contributed by atoms with Crippen LogP contribution in [-0.2, 0) is 19.1 Å². The average Bonchev–Trinajstić information content (AvgIpc) is 4.01. The van der Waals surface area contributed by atoms with Crippen molar-refractivity contribution in [2.24, 2.45) is 23.7 Å². The molecule has 0 saturated carbocycles. The third kappa shape index (κ3) is 8.09. The number of nitrogens with one attached hydrogen (secondary N) is 3. The number of H-pyrrole nitrogens is 1. The summed E-state index contributed by atoms with van der Waals surface area (Å²) in [6.45, 7) is 12.9. The first kappa shape index (κ1) is 40.3. The second kappa shape index (κ2) is 16.5. The lowest BCUT2D eigenvalue weighted by atomic mass is 10.00. The van der Waals surface area contributed by atoms with Crippen LogP contribution in [-0.4, -0.2) is 88.1 Å². The molecule has 2 unspecified atom stereocenters. The van der Waals surface area contributed by atoms with Crippen LogP contribution in [0.15, 0.2) is 65.1 Å². The van der Waals surface area contributed by atoms with Crippen LogP contribution in [0.5, 0.6) is 0 Å². The highest BCUT2D eigenvalue weighted by Crippen LogP contribution is 2.39. The van der Waals surface area contributed by atoms with Crippen molar-refractivity contribution < 1.29 is 33.1 Å². The van der Waals surface area contributed by atoms with Crippen LogP contribution in [0.25, 0.3) is 44.4 Å². The first-order chi connectivity index (χ1) is 27.7. The van der Waals surface area contributed by atoms with E-state index in [-0.39, 0.29) is 47.6 Å². The van der Waals surface area contributed by atoms with E-state index < -0.39 is 24.3 Å². The number of carbonyl (C=O) groups excluding carboxylic acids is 4. The summed E-state index contributed by atoms with van der Waals surface area (Å²) in [4.78, 5) is 68.4. The summed E-state index contributed by atoms with van der Waals surface area (Å²) in [6.07, 6.45) is 0.192. The van der Waals surface area contributed by atoms with E-state index >= 15 is 0 Å². The molecule has 14 heteroatoms. The van der Waals surface area contributed by atoms with E-state index in [1.54, 1.807) is 4.90 Å². The first-order valence-electron chi connectivity index (χ1n) is 20.0. The number of carbonyl (C=O) groups is 4. The molecule has 0 spiro atoms. The lowest BCUT2D eigenvalue weighted by molar-refractivity contribution is -0.136. The number of likely N-dealkylation sites (tertiary alicyclic amines) is 2. The van der Waals surface area contributed by atoms with E-state index in [1.807, 2.05) is 62.9 Å². The number of alkyl carbamates (subject to hydrolysis) is 2. The number of hydrogen-bond acceptors (Lipinski definition) is 9. The van der Waals surface area contributed by atoms with E-state index in [4.69, 9.17) is 23.9 Å². The Kier molecular flexibility index (Phi) is 11.5. The monoisotopic (exact) mass is 791 g/mol. The van der Waals surface area contributed by atoms with Gasteiger partial charge in [-0.3, -0.25) is 9.59 Å². The maximum absolute atomic E-state index is 13.8. The molecular formula is C44H53N7O7. The van der Waals surface area contributed by atoms with Crippen molar-refractivity contribution in [1.82, 2.24) is 35.4 Å². The Morgan fingerprint density at radius 3 is 1.71 bits per heavy atom. The van der Waals surface area contributed by atoms with Gasteiger partial charge in [0.05, 0.1) is 31.3 Å². The Hall–Kier alpha value is -5.92. The Labute approximate surface area is 338 Å². The van der Waals surface area contributed by atoms with Crippen molar-refractivity contribution in [1.29, 1.82) is 0 Å². The highest BCUT2D eigenvalue weighted by Gasteiger charge is 2.42. The molecule has 2 aromatic heterocycles. The number of ether oxygens (including phenoxy) is 2. The molecule has 5 aromatic rings. The van der Waals surface area contributed by atoms with Gasteiger partial charge in [0.1, 0.15) is 29.5 Å². The number of aromatic nitrogens is 3. The predicted octanol–water partition coefficient (Wildman–Crippen LogP) is 7.62. The van der Waals surface area contributed by atoms with Crippen molar-refractivity contribution in [3.63, 3.8) is 0 Å². The van der Waals surface area contributed by atoms with Crippen molar-refractivity contribution in [3.05, 3.63) is 72.4 Å². The fourth-order valence-electron chi connectivity index (χ4n) is 8.31. The summed E-state index contributed by atoms with van der Waals surface area (Å²) < 4.78 is 15.9. The molecule has 0 bridgehead atoms. The van der Waals surface area contributed by atoms with Crippen LogP contribution in [0, 0.1) is 23.7 Å². The van der Waals surface area contributed by atoms with E-state index in [1.165, 1.54) is 14.2 Å². The molecule has 6 atom stereocenters. The molecule has 3 N–H and O–H groups in total. The molecule has 58 heavy (non-hydrogen) atoms. The van der Waals surface area contributed by atoms with Crippen molar-refractivity contribution in [3.8, 4) is 22.3 Å². The number of rotatable bonds is 10. The second-order valence-corrected chi connectivity index (χ2v) is 16.6. The maximum Gasteiger partial charge on any atom is 0.407 e. The first-order valence-corrected chi connectivity index (χ1v) is 20.0. The molecule has 0 radical (unpaired) electrons. The number of aromatic amines is 1. The van der Waals surface area contributed by atoms with Crippen LogP contribution in [0.1, 0.15) is 78.2 Å². The van der Waals surface area contributed by atoms with E-state index in [0.717, 1.165) is 45.5 Å². The van der Waals surface area contributed by atoms with Crippen LogP contribution in [0.2, 0.25) is 0 Å². The fourth-order valence-corrected chi connectivity index (χ4v) is 8.31. The quantitative estimate of drug-likeness (QED) is 0.129. The summed E-state index contributed by atoms with van der Waals surface area (Å²) >= 11 is 0. The third-order valence-electron chi connectivity index (χ3n) is 11.4. The predicted molar refractivity (Wildman–Crippen MR) is 219 cm³/mol. The number of oxazole rings is 1. The minimum Gasteiger partial charge on any atom is -0.453 e. The number of fused-ring (bicyclic) bond motifs is 2. The largest absolute Gasteiger partial charge is 0.453 e. The minimum absolute atomic E-state index is 0.121. The van der Waals surface area contributed by atoms with Gasteiger partial charge in [-0.05, 0) is 83.0 Å². The maximum atomic E-state index is 13.8. The van der Waals surface area contributed by atoms with E-state index in [0.29, 0.717) is 36.5 Å². The number of amides is 4. The fraction of sp³-hybridized carbons (Fsp3) is 0.455. The zero-order valence-electron chi connectivity index (χ0n) is 34.4. The number of benzene rings is 3. The molecule has 2 aliphatic heterocycles. The molecule has 0 aliphatic carbocycles. The molecular weight excluding hydrogens is 739 g/mol. The van der Waals surface area contributed by atoms with Crippen LogP contribution >= 0.6 is 0 Å². The molecule has 4 amide bonds. The van der Waals surface area contributed by atoms with Crippen LogP contribution in [0.4, 0.5) is 9.59 Å². The van der Waals surface area contributed by atoms with Gasteiger partial charge in [-0.25, -0.2) is 19.6 Å². The summed E-state index contributed by atoms with van der Waals surface area (Å²) in [5, 5.41) is 5.42. The number of imidazole rings is 1.